The smallest absolute Gasteiger partial charge is 0.305 e. The number of carbonyl (C=O) groups is 1. The number of nitrogens with one attached hydrogen (secondary N) is 1. The molecule has 2 saturated carbocycles. The predicted octanol–water partition coefficient (Wildman–Crippen LogP) is 1.68. The van der Waals surface area contributed by atoms with Crippen LogP contribution in [-0.4, -0.2) is 33.3 Å². The molecule has 0 heterocycles. The highest BCUT2D eigenvalue weighted by Crippen LogP contribution is 2.49. The van der Waals surface area contributed by atoms with Gasteiger partial charge in [-0.15, -0.1) is 0 Å². The van der Waals surface area contributed by atoms with E-state index in [1.807, 2.05) is 6.92 Å². The van der Waals surface area contributed by atoms with E-state index in [9.17, 15) is 13.2 Å². The topological polar surface area (TPSA) is 72.5 Å². The summed E-state index contributed by atoms with van der Waals surface area (Å²) in [5.41, 5.74) is 0. The molecule has 2 fully saturated rings. The van der Waals surface area contributed by atoms with Crippen molar-refractivity contribution in [1.82, 2.24) is 4.72 Å². The molecule has 0 aliphatic heterocycles. The van der Waals surface area contributed by atoms with Crippen LogP contribution < -0.4 is 4.72 Å². The first kappa shape index (κ1) is 15.8. The van der Waals surface area contributed by atoms with E-state index >= 15 is 0 Å². The number of rotatable bonds is 7. The van der Waals surface area contributed by atoms with Gasteiger partial charge in [0.05, 0.1) is 12.9 Å². The first-order valence-electron chi connectivity index (χ1n) is 7.48. The van der Waals surface area contributed by atoms with Crippen LogP contribution in [0.4, 0.5) is 0 Å². The molecule has 2 bridgehead atoms. The van der Waals surface area contributed by atoms with Crippen LogP contribution in [-0.2, 0) is 19.6 Å². The molecule has 116 valence electrons. The zero-order chi connectivity index (χ0) is 14.8. The largest absolute Gasteiger partial charge is 0.469 e. The van der Waals surface area contributed by atoms with Gasteiger partial charge in [0.1, 0.15) is 0 Å². The van der Waals surface area contributed by atoms with E-state index in [1.54, 1.807) is 0 Å². The molecule has 20 heavy (non-hydrogen) atoms. The molecule has 6 heteroatoms. The number of carbonyl (C=O) groups excluding carboxylic acids is 1. The third-order valence-electron chi connectivity index (χ3n) is 4.82. The van der Waals surface area contributed by atoms with Gasteiger partial charge in [0.25, 0.3) is 0 Å². The normalized spacial score (nSPS) is 30.4. The van der Waals surface area contributed by atoms with Gasteiger partial charge in [-0.3, -0.25) is 4.79 Å². The number of esters is 1. The van der Waals surface area contributed by atoms with Gasteiger partial charge >= 0.3 is 5.97 Å². The lowest BCUT2D eigenvalue weighted by Gasteiger charge is -2.28. The Balaban J connectivity index is 1.77. The number of methoxy groups -OCH3 is 1. The van der Waals surface area contributed by atoms with Crippen LogP contribution in [0, 0.1) is 17.8 Å². The van der Waals surface area contributed by atoms with Crippen molar-refractivity contribution in [2.24, 2.45) is 17.8 Å². The second kappa shape index (κ2) is 6.43. The van der Waals surface area contributed by atoms with Crippen LogP contribution >= 0.6 is 0 Å². The second-order valence-electron chi connectivity index (χ2n) is 6.24. The molecule has 0 aromatic carbocycles. The van der Waals surface area contributed by atoms with E-state index in [0.29, 0.717) is 18.3 Å². The van der Waals surface area contributed by atoms with Crippen LogP contribution in [0.1, 0.15) is 45.4 Å². The Kier molecular flexibility index (Phi) is 5.07. The summed E-state index contributed by atoms with van der Waals surface area (Å²) in [7, 11) is -1.98. The summed E-state index contributed by atoms with van der Waals surface area (Å²) >= 11 is 0. The van der Waals surface area contributed by atoms with Gasteiger partial charge in [0, 0.05) is 12.5 Å². The molecule has 4 unspecified atom stereocenters. The van der Waals surface area contributed by atoms with Crippen LogP contribution in [0.15, 0.2) is 0 Å². The Morgan fingerprint density at radius 3 is 2.65 bits per heavy atom. The molecule has 1 N–H and O–H groups in total. The number of hydrogen-bond donors (Lipinski definition) is 1. The number of sulfonamides is 1. The van der Waals surface area contributed by atoms with Crippen LogP contribution in [0.3, 0.4) is 0 Å². The fourth-order valence-corrected chi connectivity index (χ4v) is 5.23. The summed E-state index contributed by atoms with van der Waals surface area (Å²) in [6.45, 7) is 1.98. The Bertz CT molecular complexity index is 448. The predicted molar refractivity (Wildman–Crippen MR) is 76.6 cm³/mol. The second-order valence-corrected chi connectivity index (χ2v) is 8.12. The summed E-state index contributed by atoms with van der Waals surface area (Å²) in [5.74, 6) is 1.64. The Morgan fingerprint density at radius 2 is 2.10 bits per heavy atom. The average molecular weight is 303 g/mol. The maximum Gasteiger partial charge on any atom is 0.305 e. The van der Waals surface area contributed by atoms with E-state index in [0.717, 1.165) is 12.3 Å². The van der Waals surface area contributed by atoms with Gasteiger partial charge in [-0.1, -0.05) is 6.42 Å². The Morgan fingerprint density at radius 1 is 1.35 bits per heavy atom. The van der Waals surface area contributed by atoms with Crippen molar-refractivity contribution in [3.8, 4) is 0 Å². The molecule has 0 spiro atoms. The van der Waals surface area contributed by atoms with E-state index in [1.165, 1.54) is 26.4 Å². The lowest BCUT2D eigenvalue weighted by Crippen LogP contribution is -2.41. The minimum absolute atomic E-state index is 0.00669. The monoisotopic (exact) mass is 303 g/mol. The highest BCUT2D eigenvalue weighted by atomic mass is 32.2. The molecule has 4 atom stereocenters. The van der Waals surface area contributed by atoms with Gasteiger partial charge in [-0.05, 0) is 50.4 Å². The van der Waals surface area contributed by atoms with Gasteiger partial charge in [0.15, 0.2) is 0 Å². The fourth-order valence-electron chi connectivity index (χ4n) is 3.84. The fraction of sp³-hybridized carbons (Fsp3) is 0.929. The van der Waals surface area contributed by atoms with Crippen LogP contribution in [0.2, 0.25) is 0 Å². The first-order valence-corrected chi connectivity index (χ1v) is 9.13. The standard InChI is InChI=1S/C14H25NO4S/c1-10(13-9-11-5-6-12(13)8-11)15-20(17,18)7-3-4-14(16)19-2/h10-13,15H,3-9H2,1-2H3. The van der Waals surface area contributed by atoms with Crippen molar-refractivity contribution in [2.45, 2.75) is 51.5 Å². The van der Waals surface area contributed by atoms with Crippen molar-refractivity contribution in [3.05, 3.63) is 0 Å². The average Bonchev–Trinajstić information content (AvgIpc) is 2.99. The van der Waals surface area contributed by atoms with Gasteiger partial charge < -0.3 is 4.74 Å². The molecule has 2 rings (SSSR count). The third-order valence-corrected chi connectivity index (χ3v) is 6.38. The van der Waals surface area contributed by atoms with Crippen molar-refractivity contribution in [1.29, 1.82) is 0 Å². The highest BCUT2D eigenvalue weighted by Gasteiger charge is 2.42. The molecule has 0 saturated heterocycles. The van der Waals surface area contributed by atoms with Gasteiger partial charge in [-0.2, -0.15) is 0 Å². The summed E-state index contributed by atoms with van der Waals surface area (Å²) in [4.78, 5) is 11.0. The molecule has 2 aliphatic rings. The van der Waals surface area contributed by atoms with Gasteiger partial charge in [0.2, 0.25) is 10.0 Å². The van der Waals surface area contributed by atoms with Crippen molar-refractivity contribution in [2.75, 3.05) is 12.9 Å². The Hall–Kier alpha value is -0.620. The maximum absolute atomic E-state index is 12.0. The zero-order valence-corrected chi connectivity index (χ0v) is 13.1. The summed E-state index contributed by atoms with van der Waals surface area (Å²) in [6, 6.07) is 0.00780. The van der Waals surface area contributed by atoms with E-state index in [-0.39, 0.29) is 24.2 Å². The summed E-state index contributed by atoms with van der Waals surface area (Å²) in [6.07, 6.45) is 5.48. The van der Waals surface area contributed by atoms with Gasteiger partial charge in [-0.25, -0.2) is 13.1 Å². The molecule has 0 amide bonds. The van der Waals surface area contributed by atoms with Crippen molar-refractivity contribution < 1.29 is 17.9 Å². The molecule has 0 aromatic rings. The van der Waals surface area contributed by atoms with E-state index < -0.39 is 10.0 Å². The third kappa shape index (κ3) is 3.95. The molecule has 5 nitrogen and oxygen atoms in total. The SMILES string of the molecule is COC(=O)CCCS(=O)(=O)NC(C)C1CC2CCC1C2. The molecular weight excluding hydrogens is 278 g/mol. The minimum Gasteiger partial charge on any atom is -0.469 e. The molecule has 0 radical (unpaired) electrons. The van der Waals surface area contributed by atoms with Crippen molar-refractivity contribution >= 4 is 16.0 Å². The van der Waals surface area contributed by atoms with E-state index in [2.05, 4.69) is 9.46 Å². The van der Waals surface area contributed by atoms with Crippen molar-refractivity contribution in [3.63, 3.8) is 0 Å². The number of fused-ring (bicyclic) bond motifs is 2. The van der Waals surface area contributed by atoms with E-state index in [4.69, 9.17) is 0 Å². The lowest BCUT2D eigenvalue weighted by molar-refractivity contribution is -0.140. The maximum atomic E-state index is 12.0. The first-order chi connectivity index (χ1) is 9.41. The van der Waals surface area contributed by atoms with Crippen LogP contribution in [0.25, 0.3) is 0 Å². The Labute approximate surface area is 121 Å². The zero-order valence-electron chi connectivity index (χ0n) is 12.3. The highest BCUT2D eigenvalue weighted by molar-refractivity contribution is 7.89. The number of ether oxygens (including phenoxy) is 1. The molecule has 2 aliphatic carbocycles. The summed E-state index contributed by atoms with van der Waals surface area (Å²) < 4.78 is 31.3. The summed E-state index contributed by atoms with van der Waals surface area (Å²) in [5, 5.41) is 0. The number of hydrogen-bond acceptors (Lipinski definition) is 4. The molecular formula is C14H25NO4S. The van der Waals surface area contributed by atoms with Crippen LogP contribution in [0.5, 0.6) is 0 Å². The lowest BCUT2D eigenvalue weighted by atomic mass is 9.84. The molecule has 0 aromatic heterocycles. The minimum atomic E-state index is -3.30. The quantitative estimate of drug-likeness (QED) is 0.726.